The smallest absolute Gasteiger partial charge is 0.344 e. The second-order valence-corrected chi connectivity index (χ2v) is 6.06. The second kappa shape index (κ2) is 8.53. The zero-order valence-corrected chi connectivity index (χ0v) is 15.0. The van der Waals surface area contributed by atoms with Crippen LogP contribution in [0.25, 0.3) is 0 Å². The first-order valence-corrected chi connectivity index (χ1v) is 8.17. The third kappa shape index (κ3) is 5.49. The van der Waals surface area contributed by atoms with Crippen LogP contribution in [0, 0.1) is 0 Å². The summed E-state index contributed by atoms with van der Waals surface area (Å²) in [6, 6.07) is 8.34. The summed E-state index contributed by atoms with van der Waals surface area (Å²) in [6.45, 7) is 5.08. The van der Waals surface area contributed by atoms with Crippen molar-refractivity contribution in [3.8, 4) is 5.75 Å². The van der Waals surface area contributed by atoms with Crippen molar-refractivity contribution in [1.29, 1.82) is 0 Å². The number of ether oxygens (including phenoxy) is 2. The van der Waals surface area contributed by atoms with Crippen molar-refractivity contribution in [3.63, 3.8) is 0 Å². The minimum atomic E-state index is -0.961. The second-order valence-electron chi connectivity index (χ2n) is 5.62. The number of amides is 1. The van der Waals surface area contributed by atoms with E-state index in [9.17, 15) is 9.59 Å². The number of carbonyl (C=O) groups excluding carboxylic acids is 2. The van der Waals surface area contributed by atoms with Crippen molar-refractivity contribution in [1.82, 2.24) is 9.78 Å². The largest absolute Gasteiger partial charge is 0.482 e. The van der Waals surface area contributed by atoms with E-state index in [2.05, 4.69) is 10.4 Å². The predicted molar refractivity (Wildman–Crippen MR) is 93.7 cm³/mol. The Labute approximate surface area is 150 Å². The van der Waals surface area contributed by atoms with Gasteiger partial charge in [0, 0.05) is 17.1 Å². The Morgan fingerprint density at radius 1 is 1.20 bits per heavy atom. The summed E-state index contributed by atoms with van der Waals surface area (Å²) in [5.74, 6) is -0.0585. The van der Waals surface area contributed by atoms with Crippen LogP contribution >= 0.6 is 11.6 Å². The van der Waals surface area contributed by atoms with Crippen LogP contribution in [0.3, 0.4) is 0 Å². The molecule has 25 heavy (non-hydrogen) atoms. The molecule has 1 atom stereocenters. The molecule has 1 N–H and O–H groups in total. The summed E-state index contributed by atoms with van der Waals surface area (Å²) < 4.78 is 12.0. The fourth-order valence-electron chi connectivity index (χ4n) is 2.01. The number of nitrogens with zero attached hydrogens (tertiary/aromatic N) is 2. The van der Waals surface area contributed by atoms with Gasteiger partial charge in [0.1, 0.15) is 11.6 Å². The normalized spacial score (nSPS) is 11.9. The number of halogens is 1. The first kappa shape index (κ1) is 18.8. The standard InChI is InChI=1S/C17H20ClN3O4/c1-11(2)21-15(8-9-19-21)20-17(23)12(3)25-16(22)10-24-14-6-4-13(18)5-7-14/h4-9,11-12H,10H2,1-3H3,(H,20,23)/t12-/m0/s1. The molecule has 0 fully saturated rings. The van der Waals surface area contributed by atoms with Gasteiger partial charge in [0.2, 0.25) is 0 Å². The maximum atomic E-state index is 12.1. The highest BCUT2D eigenvalue weighted by Gasteiger charge is 2.20. The minimum Gasteiger partial charge on any atom is -0.482 e. The monoisotopic (exact) mass is 365 g/mol. The van der Waals surface area contributed by atoms with Gasteiger partial charge in [-0.3, -0.25) is 4.79 Å². The van der Waals surface area contributed by atoms with Crippen LogP contribution in [0.5, 0.6) is 5.75 Å². The van der Waals surface area contributed by atoms with E-state index < -0.39 is 18.0 Å². The first-order valence-electron chi connectivity index (χ1n) is 7.79. The molecule has 2 rings (SSSR count). The molecule has 1 aromatic heterocycles. The van der Waals surface area contributed by atoms with Crippen LogP contribution in [0.2, 0.25) is 5.02 Å². The molecule has 0 saturated heterocycles. The lowest BCUT2D eigenvalue weighted by Gasteiger charge is -2.16. The highest BCUT2D eigenvalue weighted by atomic mass is 35.5. The summed E-state index contributed by atoms with van der Waals surface area (Å²) in [5, 5.41) is 7.38. The Bertz CT molecular complexity index is 728. The lowest BCUT2D eigenvalue weighted by molar-refractivity contribution is -0.155. The summed E-state index contributed by atoms with van der Waals surface area (Å²) >= 11 is 5.77. The Morgan fingerprint density at radius 2 is 1.88 bits per heavy atom. The number of aromatic nitrogens is 2. The average molecular weight is 366 g/mol. The van der Waals surface area contributed by atoms with E-state index in [0.717, 1.165) is 0 Å². The van der Waals surface area contributed by atoms with Crippen molar-refractivity contribution in [3.05, 3.63) is 41.6 Å². The Kier molecular flexibility index (Phi) is 6.41. The number of rotatable bonds is 7. The van der Waals surface area contributed by atoms with E-state index in [1.54, 1.807) is 41.2 Å². The zero-order valence-electron chi connectivity index (χ0n) is 14.2. The summed E-state index contributed by atoms with van der Waals surface area (Å²) in [4.78, 5) is 24.0. The highest BCUT2D eigenvalue weighted by Crippen LogP contribution is 2.16. The van der Waals surface area contributed by atoms with E-state index >= 15 is 0 Å². The summed E-state index contributed by atoms with van der Waals surface area (Å²) in [7, 11) is 0. The van der Waals surface area contributed by atoms with E-state index in [-0.39, 0.29) is 12.6 Å². The molecule has 8 heteroatoms. The van der Waals surface area contributed by atoms with Crippen LogP contribution in [-0.2, 0) is 14.3 Å². The molecule has 0 bridgehead atoms. The molecule has 7 nitrogen and oxygen atoms in total. The Balaban J connectivity index is 1.82. The van der Waals surface area contributed by atoms with Gasteiger partial charge >= 0.3 is 5.97 Å². The third-order valence-electron chi connectivity index (χ3n) is 3.26. The molecule has 0 aliphatic rings. The molecule has 0 aliphatic carbocycles. The molecular formula is C17H20ClN3O4. The van der Waals surface area contributed by atoms with Crippen molar-refractivity contribution >= 4 is 29.3 Å². The van der Waals surface area contributed by atoms with Gasteiger partial charge in [0.25, 0.3) is 5.91 Å². The van der Waals surface area contributed by atoms with E-state index in [1.807, 2.05) is 13.8 Å². The predicted octanol–water partition coefficient (Wildman–Crippen LogP) is 3.07. The molecule has 0 saturated carbocycles. The van der Waals surface area contributed by atoms with E-state index in [0.29, 0.717) is 16.6 Å². The summed E-state index contributed by atoms with van der Waals surface area (Å²) in [6.07, 6.45) is 0.628. The lowest BCUT2D eigenvalue weighted by Crippen LogP contribution is -2.32. The highest BCUT2D eigenvalue weighted by molar-refractivity contribution is 6.30. The van der Waals surface area contributed by atoms with Gasteiger partial charge in [0.15, 0.2) is 12.7 Å². The van der Waals surface area contributed by atoms with E-state index in [1.165, 1.54) is 6.92 Å². The van der Waals surface area contributed by atoms with Crippen LogP contribution < -0.4 is 10.1 Å². The molecule has 0 radical (unpaired) electrons. The SMILES string of the molecule is CC(C)n1nccc1NC(=O)[C@H](C)OC(=O)COc1ccc(Cl)cc1. The van der Waals surface area contributed by atoms with Crippen molar-refractivity contribution in [2.45, 2.75) is 32.9 Å². The third-order valence-corrected chi connectivity index (χ3v) is 3.51. The molecule has 0 spiro atoms. The number of carbonyl (C=O) groups is 2. The van der Waals surface area contributed by atoms with Crippen molar-refractivity contribution in [2.24, 2.45) is 0 Å². The van der Waals surface area contributed by atoms with Crippen LogP contribution in [0.15, 0.2) is 36.5 Å². The van der Waals surface area contributed by atoms with Gasteiger partial charge in [-0.25, -0.2) is 9.48 Å². The number of hydrogen-bond donors (Lipinski definition) is 1. The number of anilines is 1. The molecule has 2 aromatic rings. The van der Waals surface area contributed by atoms with Crippen molar-refractivity contribution < 1.29 is 19.1 Å². The molecular weight excluding hydrogens is 346 g/mol. The van der Waals surface area contributed by atoms with Gasteiger partial charge in [0.05, 0.1) is 6.20 Å². The molecule has 1 amide bonds. The zero-order chi connectivity index (χ0) is 18.4. The van der Waals surface area contributed by atoms with Crippen LogP contribution in [-0.4, -0.2) is 34.4 Å². The maximum Gasteiger partial charge on any atom is 0.344 e. The number of esters is 1. The van der Waals surface area contributed by atoms with Gasteiger partial charge in [-0.2, -0.15) is 5.10 Å². The lowest BCUT2D eigenvalue weighted by atomic mass is 10.3. The van der Waals surface area contributed by atoms with Crippen molar-refractivity contribution in [2.75, 3.05) is 11.9 Å². The molecule has 0 unspecified atom stereocenters. The number of hydrogen-bond acceptors (Lipinski definition) is 5. The van der Waals surface area contributed by atoms with Crippen LogP contribution in [0.4, 0.5) is 5.82 Å². The fraction of sp³-hybridized carbons (Fsp3) is 0.353. The van der Waals surface area contributed by atoms with Crippen LogP contribution in [0.1, 0.15) is 26.8 Å². The maximum absolute atomic E-state index is 12.1. The Hall–Kier alpha value is -2.54. The molecule has 1 aromatic carbocycles. The first-order chi connectivity index (χ1) is 11.9. The van der Waals surface area contributed by atoms with Gasteiger partial charge in [-0.05, 0) is 45.0 Å². The number of nitrogens with one attached hydrogen (secondary N) is 1. The van der Waals surface area contributed by atoms with Gasteiger partial charge in [-0.1, -0.05) is 11.6 Å². The molecule has 0 aliphatic heterocycles. The fourth-order valence-corrected chi connectivity index (χ4v) is 2.14. The topological polar surface area (TPSA) is 82.5 Å². The summed E-state index contributed by atoms with van der Waals surface area (Å²) in [5.41, 5.74) is 0. The number of benzene rings is 1. The van der Waals surface area contributed by atoms with E-state index in [4.69, 9.17) is 21.1 Å². The average Bonchev–Trinajstić information content (AvgIpc) is 3.02. The van der Waals surface area contributed by atoms with Gasteiger partial charge < -0.3 is 14.8 Å². The van der Waals surface area contributed by atoms with Gasteiger partial charge in [-0.15, -0.1) is 0 Å². The quantitative estimate of drug-likeness (QED) is 0.762. The molecule has 134 valence electrons. The Morgan fingerprint density at radius 3 is 2.52 bits per heavy atom. The minimum absolute atomic E-state index is 0.0935. The molecule has 1 heterocycles.